The summed E-state index contributed by atoms with van der Waals surface area (Å²) >= 11 is 1.45. The number of nitrogens with zero attached hydrogens (tertiary/aromatic N) is 2. The highest BCUT2D eigenvalue weighted by molar-refractivity contribution is 7.12. The third-order valence-electron chi connectivity index (χ3n) is 5.69. The molecule has 3 rings (SSSR count). The van der Waals surface area contributed by atoms with Crippen molar-refractivity contribution < 1.29 is 9.59 Å². The van der Waals surface area contributed by atoms with E-state index < -0.39 is 0 Å². The summed E-state index contributed by atoms with van der Waals surface area (Å²) in [6.45, 7) is 9.40. The van der Waals surface area contributed by atoms with Crippen LogP contribution in [0.25, 0.3) is 0 Å². The Balaban J connectivity index is 1.45. The third kappa shape index (κ3) is 5.55. The Labute approximate surface area is 167 Å². The van der Waals surface area contributed by atoms with Gasteiger partial charge in [-0.15, -0.1) is 11.3 Å². The predicted octanol–water partition coefficient (Wildman–Crippen LogP) is 3.23. The van der Waals surface area contributed by atoms with Crippen LogP contribution < -0.4 is 5.32 Å². The van der Waals surface area contributed by atoms with E-state index in [4.69, 9.17) is 0 Å². The van der Waals surface area contributed by atoms with Gasteiger partial charge in [0.25, 0.3) is 5.91 Å². The maximum atomic E-state index is 12.7. The number of hydrogen-bond donors (Lipinski definition) is 1. The number of carbonyl (C=O) groups is 2. The Morgan fingerprint density at radius 3 is 2.70 bits per heavy atom. The fourth-order valence-corrected chi connectivity index (χ4v) is 5.27. The van der Waals surface area contributed by atoms with Crippen LogP contribution in [0.2, 0.25) is 0 Å². The zero-order valence-corrected chi connectivity index (χ0v) is 17.5. The van der Waals surface area contributed by atoms with Crippen molar-refractivity contribution in [3.8, 4) is 0 Å². The van der Waals surface area contributed by atoms with Crippen LogP contribution >= 0.6 is 11.3 Å². The molecule has 6 heteroatoms. The molecule has 150 valence electrons. The molecule has 3 unspecified atom stereocenters. The number of hydrogen-bond acceptors (Lipinski definition) is 4. The van der Waals surface area contributed by atoms with Gasteiger partial charge in [-0.05, 0) is 61.9 Å². The maximum Gasteiger partial charge on any atom is 0.264 e. The lowest BCUT2D eigenvalue weighted by Crippen LogP contribution is -2.52. The molecule has 3 atom stereocenters. The van der Waals surface area contributed by atoms with Crippen LogP contribution in [-0.2, 0) is 4.79 Å². The first kappa shape index (κ1) is 20.3. The molecule has 27 heavy (non-hydrogen) atoms. The summed E-state index contributed by atoms with van der Waals surface area (Å²) in [6, 6.07) is 3.42. The lowest BCUT2D eigenvalue weighted by atomic mass is 9.92. The molecule has 0 aliphatic carbocycles. The number of amides is 2. The zero-order valence-electron chi connectivity index (χ0n) is 16.7. The Bertz CT molecular complexity index is 609. The molecular formula is C21H33N3O2S. The number of likely N-dealkylation sites (tertiary alicyclic amines) is 2. The van der Waals surface area contributed by atoms with Crippen LogP contribution in [0.1, 0.15) is 55.6 Å². The first-order valence-corrected chi connectivity index (χ1v) is 11.3. The predicted molar refractivity (Wildman–Crippen MR) is 110 cm³/mol. The van der Waals surface area contributed by atoms with Gasteiger partial charge in [0.05, 0.1) is 4.88 Å². The standard InChI is InChI=1S/C21H33N3O2S/c1-16-13-17(2)15-23(14-16)10-6-9-22-20(25)18-7-3-4-11-24(18)21(26)19-8-5-12-27-19/h5,8,12,16-18H,3-4,6-7,9-11,13-15H2,1-2H3,(H,22,25). The van der Waals surface area contributed by atoms with E-state index >= 15 is 0 Å². The quantitative estimate of drug-likeness (QED) is 0.758. The summed E-state index contributed by atoms with van der Waals surface area (Å²) < 4.78 is 0. The van der Waals surface area contributed by atoms with Crippen LogP contribution in [0.4, 0.5) is 0 Å². The maximum absolute atomic E-state index is 12.7. The highest BCUT2D eigenvalue weighted by Gasteiger charge is 2.32. The molecule has 0 aromatic carbocycles. The average molecular weight is 392 g/mol. The second-order valence-corrected chi connectivity index (χ2v) is 9.29. The molecule has 3 heterocycles. The van der Waals surface area contributed by atoms with Crippen LogP contribution in [0.3, 0.4) is 0 Å². The minimum Gasteiger partial charge on any atom is -0.354 e. The van der Waals surface area contributed by atoms with Gasteiger partial charge in [0, 0.05) is 26.2 Å². The summed E-state index contributed by atoms with van der Waals surface area (Å²) in [6.07, 6.45) is 5.05. The van der Waals surface area contributed by atoms with Crippen molar-refractivity contribution in [2.75, 3.05) is 32.7 Å². The molecular weight excluding hydrogens is 358 g/mol. The normalized spacial score (nSPS) is 26.7. The van der Waals surface area contributed by atoms with Crippen molar-refractivity contribution in [2.45, 2.75) is 52.0 Å². The fraction of sp³-hybridized carbons (Fsp3) is 0.714. The molecule has 0 bridgehead atoms. The monoisotopic (exact) mass is 391 g/mol. The zero-order chi connectivity index (χ0) is 19.2. The van der Waals surface area contributed by atoms with Gasteiger partial charge < -0.3 is 15.1 Å². The fourth-order valence-electron chi connectivity index (χ4n) is 4.60. The number of thiophene rings is 1. The molecule has 2 fully saturated rings. The SMILES string of the molecule is CC1CC(C)CN(CCCNC(=O)C2CCCCN2C(=O)c2cccs2)C1. The van der Waals surface area contributed by atoms with E-state index in [1.807, 2.05) is 17.5 Å². The summed E-state index contributed by atoms with van der Waals surface area (Å²) in [5.74, 6) is 1.55. The Morgan fingerprint density at radius 2 is 2.00 bits per heavy atom. The van der Waals surface area contributed by atoms with Gasteiger partial charge in [-0.2, -0.15) is 0 Å². The first-order chi connectivity index (χ1) is 13.0. The van der Waals surface area contributed by atoms with Crippen molar-refractivity contribution >= 4 is 23.2 Å². The molecule has 1 aromatic rings. The molecule has 0 spiro atoms. The van der Waals surface area contributed by atoms with Gasteiger partial charge in [0.2, 0.25) is 5.91 Å². The van der Waals surface area contributed by atoms with Crippen molar-refractivity contribution in [1.29, 1.82) is 0 Å². The van der Waals surface area contributed by atoms with E-state index in [0.717, 1.165) is 48.9 Å². The summed E-state index contributed by atoms with van der Waals surface area (Å²) in [5, 5.41) is 5.00. The second-order valence-electron chi connectivity index (χ2n) is 8.34. The van der Waals surface area contributed by atoms with Crippen molar-refractivity contribution in [3.63, 3.8) is 0 Å². The summed E-state index contributed by atoms with van der Waals surface area (Å²) in [7, 11) is 0. The van der Waals surface area contributed by atoms with Crippen LogP contribution in [0.15, 0.2) is 17.5 Å². The number of piperidine rings is 2. The first-order valence-electron chi connectivity index (χ1n) is 10.4. The molecule has 0 radical (unpaired) electrons. The van der Waals surface area contributed by atoms with Crippen molar-refractivity contribution in [3.05, 3.63) is 22.4 Å². The largest absolute Gasteiger partial charge is 0.354 e. The Kier molecular flexibility index (Phi) is 7.30. The number of rotatable bonds is 6. The highest BCUT2D eigenvalue weighted by Crippen LogP contribution is 2.22. The van der Waals surface area contributed by atoms with E-state index in [1.165, 1.54) is 30.8 Å². The highest BCUT2D eigenvalue weighted by atomic mass is 32.1. The molecule has 1 aromatic heterocycles. The lowest BCUT2D eigenvalue weighted by Gasteiger charge is -2.35. The van der Waals surface area contributed by atoms with Gasteiger partial charge in [-0.3, -0.25) is 9.59 Å². The van der Waals surface area contributed by atoms with Crippen molar-refractivity contribution in [2.24, 2.45) is 11.8 Å². The minimum absolute atomic E-state index is 0.00106. The van der Waals surface area contributed by atoms with E-state index in [-0.39, 0.29) is 17.9 Å². The molecule has 2 saturated heterocycles. The van der Waals surface area contributed by atoms with Crippen molar-refractivity contribution in [1.82, 2.24) is 15.1 Å². The van der Waals surface area contributed by atoms with E-state index in [1.54, 1.807) is 4.90 Å². The molecule has 0 saturated carbocycles. The molecule has 2 aliphatic heterocycles. The van der Waals surface area contributed by atoms with E-state index in [0.29, 0.717) is 13.1 Å². The van der Waals surface area contributed by atoms with Gasteiger partial charge in [-0.1, -0.05) is 19.9 Å². The Morgan fingerprint density at radius 1 is 1.22 bits per heavy atom. The van der Waals surface area contributed by atoms with Gasteiger partial charge in [-0.25, -0.2) is 0 Å². The number of carbonyl (C=O) groups excluding carboxylic acids is 2. The van der Waals surface area contributed by atoms with E-state index in [9.17, 15) is 9.59 Å². The van der Waals surface area contributed by atoms with Crippen LogP contribution in [0.5, 0.6) is 0 Å². The third-order valence-corrected chi connectivity index (χ3v) is 6.55. The topological polar surface area (TPSA) is 52.7 Å². The van der Waals surface area contributed by atoms with E-state index in [2.05, 4.69) is 24.1 Å². The van der Waals surface area contributed by atoms with Crippen LogP contribution in [0, 0.1) is 11.8 Å². The summed E-state index contributed by atoms with van der Waals surface area (Å²) in [4.78, 5) is 30.5. The number of nitrogens with one attached hydrogen (secondary N) is 1. The minimum atomic E-state index is -0.316. The van der Waals surface area contributed by atoms with Gasteiger partial charge in [0.15, 0.2) is 0 Å². The molecule has 2 aliphatic rings. The second kappa shape index (κ2) is 9.69. The summed E-state index contributed by atoms with van der Waals surface area (Å²) in [5.41, 5.74) is 0. The lowest BCUT2D eigenvalue weighted by molar-refractivity contribution is -0.126. The Hall–Kier alpha value is -1.40. The molecule has 1 N–H and O–H groups in total. The average Bonchev–Trinajstić information content (AvgIpc) is 3.18. The smallest absolute Gasteiger partial charge is 0.264 e. The van der Waals surface area contributed by atoms with Crippen LogP contribution in [-0.4, -0.2) is 60.4 Å². The van der Waals surface area contributed by atoms with Gasteiger partial charge in [0.1, 0.15) is 6.04 Å². The molecule has 5 nitrogen and oxygen atoms in total. The van der Waals surface area contributed by atoms with Gasteiger partial charge >= 0.3 is 0 Å². The molecule has 2 amide bonds.